The topological polar surface area (TPSA) is 84.9 Å². The summed E-state index contributed by atoms with van der Waals surface area (Å²) >= 11 is 0. The molecular formula is C14H27NO5. The van der Waals surface area contributed by atoms with Gasteiger partial charge in [0.15, 0.2) is 0 Å². The molecule has 0 fully saturated rings. The van der Waals surface area contributed by atoms with Crippen molar-refractivity contribution in [1.82, 2.24) is 5.32 Å². The molecule has 0 saturated carbocycles. The van der Waals surface area contributed by atoms with Gasteiger partial charge in [0.25, 0.3) is 0 Å². The molecule has 0 aliphatic carbocycles. The van der Waals surface area contributed by atoms with Crippen molar-refractivity contribution in [3.8, 4) is 0 Å². The molecule has 0 saturated heterocycles. The van der Waals surface area contributed by atoms with Crippen molar-refractivity contribution in [2.45, 2.75) is 78.2 Å². The molecule has 0 aromatic rings. The van der Waals surface area contributed by atoms with Crippen molar-refractivity contribution in [2.24, 2.45) is 0 Å². The lowest BCUT2D eigenvalue weighted by molar-refractivity contribution is -0.157. The first-order valence-corrected chi connectivity index (χ1v) is 6.69. The first-order chi connectivity index (χ1) is 8.80. The maximum Gasteiger partial charge on any atom is 0.407 e. The van der Waals surface area contributed by atoms with E-state index >= 15 is 0 Å². The highest BCUT2D eigenvalue weighted by Gasteiger charge is 2.25. The van der Waals surface area contributed by atoms with E-state index in [4.69, 9.17) is 9.47 Å². The zero-order chi connectivity index (χ0) is 16.1. The normalized spacial score (nSPS) is 15.2. The Morgan fingerprint density at radius 2 is 1.50 bits per heavy atom. The third-order valence-corrected chi connectivity index (χ3v) is 2.12. The third kappa shape index (κ3) is 9.61. The summed E-state index contributed by atoms with van der Waals surface area (Å²) in [6, 6.07) is -0.614. The van der Waals surface area contributed by atoms with Crippen molar-refractivity contribution in [3.63, 3.8) is 0 Å². The van der Waals surface area contributed by atoms with Gasteiger partial charge in [-0.15, -0.1) is 0 Å². The Labute approximate surface area is 120 Å². The van der Waals surface area contributed by atoms with E-state index in [2.05, 4.69) is 5.32 Å². The van der Waals surface area contributed by atoms with Gasteiger partial charge in [-0.25, -0.2) is 4.79 Å². The average Bonchev–Trinajstić information content (AvgIpc) is 2.10. The minimum Gasteiger partial charge on any atom is -0.460 e. The van der Waals surface area contributed by atoms with E-state index in [9.17, 15) is 14.7 Å². The number of carbonyl (C=O) groups excluding carboxylic acids is 2. The molecule has 0 aliphatic heterocycles. The number of carbonyl (C=O) groups is 2. The van der Waals surface area contributed by atoms with Gasteiger partial charge in [-0.2, -0.15) is 0 Å². The summed E-state index contributed by atoms with van der Waals surface area (Å²) in [6.45, 7) is 12.1. The first kappa shape index (κ1) is 18.7. The van der Waals surface area contributed by atoms with Gasteiger partial charge < -0.3 is 19.9 Å². The van der Waals surface area contributed by atoms with Gasteiger partial charge in [0.05, 0.1) is 18.6 Å². The van der Waals surface area contributed by atoms with Crippen LogP contribution in [0.25, 0.3) is 0 Å². The maximum absolute atomic E-state index is 11.6. The van der Waals surface area contributed by atoms with Crippen LogP contribution < -0.4 is 5.32 Å². The number of esters is 1. The van der Waals surface area contributed by atoms with E-state index < -0.39 is 35.4 Å². The number of rotatable bonds is 4. The van der Waals surface area contributed by atoms with Gasteiger partial charge in [0.1, 0.15) is 11.2 Å². The molecule has 6 nitrogen and oxygen atoms in total. The molecule has 0 aromatic heterocycles. The highest BCUT2D eigenvalue weighted by atomic mass is 16.6. The van der Waals surface area contributed by atoms with Crippen LogP contribution in [0.15, 0.2) is 0 Å². The summed E-state index contributed by atoms with van der Waals surface area (Å²) < 4.78 is 10.2. The van der Waals surface area contributed by atoms with E-state index in [1.807, 2.05) is 0 Å². The lowest BCUT2D eigenvalue weighted by Crippen LogP contribution is -2.44. The Morgan fingerprint density at radius 1 is 1.05 bits per heavy atom. The van der Waals surface area contributed by atoms with E-state index in [0.717, 1.165) is 0 Å². The summed E-state index contributed by atoms with van der Waals surface area (Å²) in [4.78, 5) is 23.1. The zero-order valence-electron chi connectivity index (χ0n) is 13.4. The number of alkyl carbamates (subject to hydrolysis) is 1. The zero-order valence-corrected chi connectivity index (χ0v) is 13.4. The number of hydrogen-bond donors (Lipinski definition) is 2. The summed E-state index contributed by atoms with van der Waals surface area (Å²) in [5.41, 5.74) is -1.21. The molecule has 6 heteroatoms. The third-order valence-electron chi connectivity index (χ3n) is 2.12. The number of amides is 1. The van der Waals surface area contributed by atoms with Gasteiger partial charge >= 0.3 is 12.1 Å². The second-order valence-corrected chi connectivity index (χ2v) is 6.79. The molecule has 1 amide bonds. The van der Waals surface area contributed by atoms with E-state index in [-0.39, 0.29) is 6.42 Å². The number of ether oxygens (including phenoxy) is 2. The summed E-state index contributed by atoms with van der Waals surface area (Å²) in [7, 11) is 0. The molecule has 2 N–H and O–H groups in total. The van der Waals surface area contributed by atoms with Crippen LogP contribution in [0.5, 0.6) is 0 Å². The van der Waals surface area contributed by atoms with Gasteiger partial charge in [0, 0.05) is 0 Å². The Bertz CT molecular complexity index is 306. The monoisotopic (exact) mass is 289 g/mol. The van der Waals surface area contributed by atoms with Crippen molar-refractivity contribution in [1.29, 1.82) is 0 Å². The number of aliphatic hydroxyl groups is 1. The molecule has 20 heavy (non-hydrogen) atoms. The minimum absolute atomic E-state index is 0.186. The smallest absolute Gasteiger partial charge is 0.407 e. The second kappa shape index (κ2) is 6.92. The van der Waals surface area contributed by atoms with Crippen LogP contribution in [0, 0.1) is 0 Å². The van der Waals surface area contributed by atoms with Gasteiger partial charge in [-0.05, 0) is 48.5 Å². The standard InChI is InChI=1S/C14H27NO5/c1-9(15-12(18)20-14(5,6)7)10(16)8-11(17)19-13(2,3)4/h9-10,16H,8H2,1-7H3,(H,15,18)/t9-,10+/m0/s1. The lowest BCUT2D eigenvalue weighted by Gasteiger charge is -2.25. The second-order valence-electron chi connectivity index (χ2n) is 6.79. The Balaban J connectivity index is 4.25. The van der Waals surface area contributed by atoms with Crippen LogP contribution in [0.2, 0.25) is 0 Å². The summed E-state index contributed by atoms with van der Waals surface area (Å²) in [5, 5.41) is 12.3. The van der Waals surface area contributed by atoms with E-state index in [1.54, 1.807) is 48.5 Å². The Morgan fingerprint density at radius 3 is 1.90 bits per heavy atom. The predicted molar refractivity (Wildman–Crippen MR) is 75.3 cm³/mol. The quantitative estimate of drug-likeness (QED) is 0.773. The van der Waals surface area contributed by atoms with Crippen LogP contribution in [0.3, 0.4) is 0 Å². The van der Waals surface area contributed by atoms with Crippen molar-refractivity contribution >= 4 is 12.1 Å². The molecule has 0 heterocycles. The van der Waals surface area contributed by atoms with Gasteiger partial charge in [0.2, 0.25) is 0 Å². The fraction of sp³-hybridized carbons (Fsp3) is 0.857. The largest absolute Gasteiger partial charge is 0.460 e. The Kier molecular flexibility index (Phi) is 6.47. The number of aliphatic hydroxyl groups excluding tert-OH is 1. The molecule has 0 aliphatic rings. The maximum atomic E-state index is 11.6. The molecule has 0 aromatic carbocycles. The van der Waals surface area contributed by atoms with Crippen LogP contribution in [0.1, 0.15) is 54.9 Å². The predicted octanol–water partition coefficient (Wildman–Crippen LogP) is 1.99. The highest BCUT2D eigenvalue weighted by molar-refractivity contribution is 5.71. The fourth-order valence-electron chi connectivity index (χ4n) is 1.32. The summed E-state index contributed by atoms with van der Waals surface area (Å²) in [6.07, 6.45) is -1.85. The van der Waals surface area contributed by atoms with Crippen molar-refractivity contribution in [3.05, 3.63) is 0 Å². The first-order valence-electron chi connectivity index (χ1n) is 6.69. The van der Waals surface area contributed by atoms with Gasteiger partial charge in [-0.3, -0.25) is 4.79 Å². The van der Waals surface area contributed by atoms with Crippen LogP contribution in [-0.2, 0) is 14.3 Å². The SMILES string of the molecule is C[C@H](NC(=O)OC(C)(C)C)[C@H](O)CC(=O)OC(C)(C)C. The minimum atomic E-state index is -1.03. The van der Waals surface area contributed by atoms with Crippen LogP contribution >= 0.6 is 0 Å². The molecular weight excluding hydrogens is 262 g/mol. The average molecular weight is 289 g/mol. The molecule has 0 radical (unpaired) electrons. The molecule has 0 bridgehead atoms. The molecule has 118 valence electrons. The van der Waals surface area contributed by atoms with E-state index in [1.165, 1.54) is 0 Å². The Hall–Kier alpha value is -1.30. The molecule has 2 atom stereocenters. The van der Waals surface area contributed by atoms with Crippen LogP contribution in [0.4, 0.5) is 4.79 Å². The molecule has 0 unspecified atom stereocenters. The fourth-order valence-corrected chi connectivity index (χ4v) is 1.32. The van der Waals surface area contributed by atoms with Gasteiger partial charge in [-0.1, -0.05) is 0 Å². The molecule has 0 rings (SSSR count). The lowest BCUT2D eigenvalue weighted by atomic mass is 10.1. The number of hydrogen-bond acceptors (Lipinski definition) is 5. The van der Waals surface area contributed by atoms with Crippen LogP contribution in [-0.4, -0.2) is 40.5 Å². The highest BCUT2D eigenvalue weighted by Crippen LogP contribution is 2.11. The van der Waals surface area contributed by atoms with Crippen molar-refractivity contribution in [2.75, 3.05) is 0 Å². The summed E-state index contributed by atoms with van der Waals surface area (Å²) in [5.74, 6) is -0.511. The van der Waals surface area contributed by atoms with Crippen molar-refractivity contribution < 1.29 is 24.2 Å². The molecule has 0 spiro atoms. The van der Waals surface area contributed by atoms with E-state index in [0.29, 0.717) is 0 Å². The number of nitrogens with one attached hydrogen (secondary N) is 1.